The predicted octanol–water partition coefficient (Wildman–Crippen LogP) is 5.14. The van der Waals surface area contributed by atoms with Gasteiger partial charge < -0.3 is 5.32 Å². The van der Waals surface area contributed by atoms with Crippen LogP contribution < -0.4 is 10.2 Å². The first-order valence-corrected chi connectivity index (χ1v) is 10.6. The Balaban J connectivity index is 1.68. The number of hydrogen-bond donors (Lipinski definition) is 1. The standard InChI is InChI=1S/C26H22FN3O2/c1-16(31)30-23-7-3-2-6-21(23)29-22-13-19(17-8-10-20(27)11-9-17)14-24(32)25(22)26(30)18-5-4-12-28-15-18/h2-12,15,19,26,29H,13-14H2,1H3/t19-,26+/m0/s1. The third-order valence-electron chi connectivity index (χ3n) is 6.17. The molecular formula is C26H22FN3O2. The molecule has 5 nitrogen and oxygen atoms in total. The number of anilines is 2. The van der Waals surface area contributed by atoms with E-state index in [2.05, 4.69) is 10.3 Å². The van der Waals surface area contributed by atoms with Crippen molar-refractivity contribution in [1.29, 1.82) is 0 Å². The molecule has 0 radical (unpaired) electrons. The Morgan fingerprint density at radius 2 is 1.81 bits per heavy atom. The molecule has 1 N–H and O–H groups in total. The van der Waals surface area contributed by atoms with Gasteiger partial charge in [-0.1, -0.05) is 30.3 Å². The quantitative estimate of drug-likeness (QED) is 0.615. The van der Waals surface area contributed by atoms with Gasteiger partial charge in [-0.2, -0.15) is 0 Å². The maximum Gasteiger partial charge on any atom is 0.224 e. The molecule has 0 unspecified atom stereocenters. The number of rotatable bonds is 2. The number of allylic oxidation sites excluding steroid dienone is 1. The molecule has 3 aromatic rings. The van der Waals surface area contributed by atoms with Crippen molar-refractivity contribution < 1.29 is 14.0 Å². The van der Waals surface area contributed by atoms with Gasteiger partial charge in [0.05, 0.1) is 17.4 Å². The van der Waals surface area contributed by atoms with Crippen LogP contribution >= 0.6 is 0 Å². The van der Waals surface area contributed by atoms with E-state index in [1.807, 2.05) is 36.4 Å². The summed E-state index contributed by atoms with van der Waals surface area (Å²) < 4.78 is 13.4. The van der Waals surface area contributed by atoms with E-state index < -0.39 is 6.04 Å². The number of halogens is 1. The van der Waals surface area contributed by atoms with Crippen molar-refractivity contribution in [2.45, 2.75) is 31.7 Å². The number of nitrogens with zero attached hydrogens (tertiary/aromatic N) is 2. The van der Waals surface area contributed by atoms with Crippen LogP contribution in [0.5, 0.6) is 0 Å². The van der Waals surface area contributed by atoms with Crippen molar-refractivity contribution in [2.24, 2.45) is 0 Å². The van der Waals surface area contributed by atoms with Crippen molar-refractivity contribution in [2.75, 3.05) is 10.2 Å². The smallest absolute Gasteiger partial charge is 0.224 e. The number of amides is 1. The summed E-state index contributed by atoms with van der Waals surface area (Å²) in [5.41, 5.74) is 4.57. The average Bonchev–Trinajstić information content (AvgIpc) is 2.94. The van der Waals surface area contributed by atoms with Gasteiger partial charge in [-0.15, -0.1) is 0 Å². The van der Waals surface area contributed by atoms with Crippen LogP contribution in [-0.4, -0.2) is 16.7 Å². The third kappa shape index (κ3) is 3.47. The highest BCUT2D eigenvalue weighted by atomic mass is 19.1. The molecule has 1 aliphatic heterocycles. The SMILES string of the molecule is CC(=O)N1c2ccccc2NC2=C(C(=O)C[C@@H](c3ccc(F)cc3)C2)[C@H]1c1cccnc1. The van der Waals surface area contributed by atoms with Crippen LogP contribution in [0.4, 0.5) is 15.8 Å². The number of nitrogens with one attached hydrogen (secondary N) is 1. The monoisotopic (exact) mass is 427 g/mol. The van der Waals surface area contributed by atoms with Crippen molar-refractivity contribution in [3.05, 3.63) is 101 Å². The highest BCUT2D eigenvalue weighted by Crippen LogP contribution is 2.47. The molecule has 2 aromatic carbocycles. The lowest BCUT2D eigenvalue weighted by Gasteiger charge is -2.34. The zero-order valence-electron chi connectivity index (χ0n) is 17.6. The van der Waals surface area contributed by atoms with Gasteiger partial charge in [0.25, 0.3) is 0 Å². The first-order valence-electron chi connectivity index (χ1n) is 10.6. The summed E-state index contributed by atoms with van der Waals surface area (Å²) >= 11 is 0. The number of para-hydroxylation sites is 2. The van der Waals surface area contributed by atoms with E-state index in [1.165, 1.54) is 19.1 Å². The van der Waals surface area contributed by atoms with Crippen LogP contribution in [0.2, 0.25) is 0 Å². The molecule has 6 heteroatoms. The molecule has 160 valence electrons. The Bertz CT molecular complexity index is 1220. The van der Waals surface area contributed by atoms with Gasteiger partial charge in [-0.3, -0.25) is 19.5 Å². The topological polar surface area (TPSA) is 62.3 Å². The number of benzene rings is 2. The molecule has 0 saturated carbocycles. The lowest BCUT2D eigenvalue weighted by molar-refractivity contribution is -0.117. The van der Waals surface area contributed by atoms with Crippen LogP contribution in [0.15, 0.2) is 84.3 Å². The van der Waals surface area contributed by atoms with E-state index in [4.69, 9.17) is 0 Å². The molecule has 32 heavy (non-hydrogen) atoms. The second kappa shape index (κ2) is 8.04. The van der Waals surface area contributed by atoms with E-state index in [1.54, 1.807) is 29.4 Å². The predicted molar refractivity (Wildman–Crippen MR) is 121 cm³/mol. The molecule has 0 spiro atoms. The minimum atomic E-state index is -0.575. The molecule has 2 atom stereocenters. The Morgan fingerprint density at radius 3 is 2.53 bits per heavy atom. The molecule has 0 saturated heterocycles. The Morgan fingerprint density at radius 1 is 1.03 bits per heavy atom. The Hall–Kier alpha value is -3.80. The van der Waals surface area contributed by atoms with Crippen LogP contribution in [0.25, 0.3) is 0 Å². The summed E-state index contributed by atoms with van der Waals surface area (Å²) in [6.07, 6.45) is 4.26. The van der Waals surface area contributed by atoms with Gasteiger partial charge >= 0.3 is 0 Å². The van der Waals surface area contributed by atoms with Gasteiger partial charge in [-0.25, -0.2) is 4.39 Å². The average molecular weight is 427 g/mol. The largest absolute Gasteiger partial charge is 0.357 e. The fraction of sp³-hybridized carbons (Fsp3) is 0.192. The Labute approximate surface area is 185 Å². The van der Waals surface area contributed by atoms with Gasteiger partial charge in [0, 0.05) is 37.0 Å². The van der Waals surface area contributed by atoms with Crippen LogP contribution in [-0.2, 0) is 9.59 Å². The Kier molecular flexibility index (Phi) is 5.05. The molecule has 0 fully saturated rings. The summed E-state index contributed by atoms with van der Waals surface area (Å²) in [4.78, 5) is 32.4. The third-order valence-corrected chi connectivity index (χ3v) is 6.17. The highest BCUT2D eigenvalue weighted by molar-refractivity contribution is 6.05. The molecule has 2 aliphatic rings. The summed E-state index contributed by atoms with van der Waals surface area (Å²) in [5.74, 6) is -0.553. The fourth-order valence-electron chi connectivity index (χ4n) is 4.76. The minimum Gasteiger partial charge on any atom is -0.357 e. The van der Waals surface area contributed by atoms with E-state index in [9.17, 15) is 14.0 Å². The van der Waals surface area contributed by atoms with E-state index in [-0.39, 0.29) is 23.4 Å². The molecule has 0 bridgehead atoms. The lowest BCUT2D eigenvalue weighted by Crippen LogP contribution is -2.37. The number of fused-ring (bicyclic) bond motifs is 1. The van der Waals surface area contributed by atoms with Crippen LogP contribution in [0.1, 0.15) is 42.9 Å². The summed E-state index contributed by atoms with van der Waals surface area (Å²) in [5, 5.41) is 3.46. The van der Waals surface area contributed by atoms with Crippen molar-refractivity contribution in [3.63, 3.8) is 0 Å². The summed E-state index contributed by atoms with van der Waals surface area (Å²) in [6.45, 7) is 1.51. The number of ketones is 1. The zero-order chi connectivity index (χ0) is 22.2. The zero-order valence-corrected chi connectivity index (χ0v) is 17.6. The van der Waals surface area contributed by atoms with Gasteiger partial charge in [0.2, 0.25) is 5.91 Å². The number of hydrogen-bond acceptors (Lipinski definition) is 4. The molecule has 1 amide bonds. The molecule has 1 aromatic heterocycles. The lowest BCUT2D eigenvalue weighted by atomic mass is 9.78. The van der Waals surface area contributed by atoms with Gasteiger partial charge in [0.1, 0.15) is 5.82 Å². The van der Waals surface area contributed by atoms with Gasteiger partial charge in [-0.05, 0) is 53.8 Å². The van der Waals surface area contributed by atoms with Crippen molar-refractivity contribution >= 4 is 23.1 Å². The second-order valence-electron chi connectivity index (χ2n) is 8.19. The fourth-order valence-corrected chi connectivity index (χ4v) is 4.76. The number of pyridine rings is 1. The van der Waals surface area contributed by atoms with Crippen LogP contribution in [0, 0.1) is 5.82 Å². The van der Waals surface area contributed by atoms with Gasteiger partial charge in [0.15, 0.2) is 5.78 Å². The number of aromatic nitrogens is 1. The first-order chi connectivity index (χ1) is 15.5. The first kappa shape index (κ1) is 20.1. The van der Waals surface area contributed by atoms with Crippen molar-refractivity contribution in [3.8, 4) is 0 Å². The van der Waals surface area contributed by atoms with E-state index in [0.29, 0.717) is 18.4 Å². The highest BCUT2D eigenvalue weighted by Gasteiger charge is 2.40. The normalized spacial score (nSPS) is 20.2. The maximum absolute atomic E-state index is 13.6. The number of carbonyl (C=O) groups excluding carboxylic acids is 2. The van der Waals surface area contributed by atoms with Crippen LogP contribution in [0.3, 0.4) is 0 Å². The molecule has 1 aliphatic carbocycles. The maximum atomic E-state index is 13.6. The molecular weight excluding hydrogens is 405 g/mol. The molecule has 5 rings (SSSR count). The summed E-state index contributed by atoms with van der Waals surface area (Å²) in [7, 11) is 0. The molecule has 2 heterocycles. The second-order valence-corrected chi connectivity index (χ2v) is 8.19. The van der Waals surface area contributed by atoms with E-state index >= 15 is 0 Å². The van der Waals surface area contributed by atoms with E-state index in [0.717, 1.165) is 28.2 Å². The number of carbonyl (C=O) groups is 2. The minimum absolute atomic E-state index is 0.0269. The number of Topliss-reactive ketones (excluding diaryl/α,β-unsaturated/α-hetero) is 1. The van der Waals surface area contributed by atoms with Crippen molar-refractivity contribution in [1.82, 2.24) is 4.98 Å². The summed E-state index contributed by atoms with van der Waals surface area (Å²) in [6, 6.07) is 17.0.